The minimum absolute atomic E-state index is 0.0606. The van der Waals surface area contributed by atoms with Gasteiger partial charge in [0.05, 0.1) is 5.56 Å². The zero-order chi connectivity index (χ0) is 7.14. The number of fused-ring (bicyclic) bond motifs is 1. The Morgan fingerprint density at radius 2 is 2.30 bits per heavy atom. The number of hydrogen-bond donors (Lipinski definition) is 0. The Morgan fingerprint density at radius 3 is 3.00 bits per heavy atom. The Hall–Kier alpha value is -0.130. The number of carbonyl (C=O) groups excluding carboxylic acids is 1. The molecule has 0 spiro atoms. The number of carbonyl (C=O) groups is 1. The molecule has 1 aliphatic rings. The minimum Gasteiger partial charge on any atom is -0.280 e. The Bertz CT molecular complexity index is 286. The lowest BCUT2D eigenvalue weighted by atomic mass is 10.4. The van der Waals surface area contributed by atoms with Crippen LogP contribution in [-0.4, -0.2) is 9.32 Å². The average Bonchev–Trinajstić information content (AvgIpc) is 2.39. The van der Waals surface area contributed by atoms with Crippen molar-refractivity contribution in [2.24, 2.45) is 0 Å². The highest BCUT2D eigenvalue weighted by Gasteiger charge is 2.28. The smallest absolute Gasteiger partial charge is 0.234 e. The number of hydrogen-bond acceptors (Lipinski definition) is 4. The van der Waals surface area contributed by atoms with Crippen LogP contribution in [-0.2, 0) is 9.83 Å². The largest absolute Gasteiger partial charge is 0.280 e. The first-order valence-corrected chi connectivity index (χ1v) is 5.87. The van der Waals surface area contributed by atoms with E-state index in [0.717, 1.165) is 15.0 Å². The van der Waals surface area contributed by atoms with Crippen molar-refractivity contribution in [1.29, 1.82) is 0 Å². The standard InChI is InChI=1S/C5H2O2S3/c6-4-3-1-2-8-5(3)10(7)9-4/h1-2H. The summed E-state index contributed by atoms with van der Waals surface area (Å²) in [5.41, 5.74) is 0.633. The zero-order valence-electron chi connectivity index (χ0n) is 4.70. The van der Waals surface area contributed by atoms with E-state index in [1.165, 1.54) is 11.3 Å². The van der Waals surface area contributed by atoms with Crippen molar-refractivity contribution in [2.45, 2.75) is 4.21 Å². The van der Waals surface area contributed by atoms with Crippen LogP contribution >= 0.6 is 22.1 Å². The van der Waals surface area contributed by atoms with Crippen LogP contribution in [0.1, 0.15) is 10.4 Å². The van der Waals surface area contributed by atoms with Gasteiger partial charge in [0.15, 0.2) is 0 Å². The van der Waals surface area contributed by atoms with Crippen LogP contribution in [0.3, 0.4) is 0 Å². The lowest BCUT2D eigenvalue weighted by Crippen LogP contribution is -1.80. The highest BCUT2D eigenvalue weighted by molar-refractivity contribution is 8.76. The van der Waals surface area contributed by atoms with Crippen LogP contribution < -0.4 is 0 Å². The van der Waals surface area contributed by atoms with Crippen LogP contribution in [0.5, 0.6) is 0 Å². The molecule has 0 amide bonds. The van der Waals surface area contributed by atoms with Crippen LogP contribution in [0.15, 0.2) is 15.7 Å². The molecule has 0 aliphatic carbocycles. The van der Waals surface area contributed by atoms with Crippen molar-refractivity contribution in [3.05, 3.63) is 17.0 Å². The number of rotatable bonds is 0. The SMILES string of the molecule is O=C1SS(=O)c2sccc21. The van der Waals surface area contributed by atoms with Gasteiger partial charge in [-0.15, -0.1) is 11.3 Å². The van der Waals surface area contributed by atoms with E-state index in [-0.39, 0.29) is 5.12 Å². The van der Waals surface area contributed by atoms with Crippen LogP contribution in [0.4, 0.5) is 0 Å². The molecule has 0 bridgehead atoms. The summed E-state index contributed by atoms with van der Waals surface area (Å²) in [6.45, 7) is 0. The van der Waals surface area contributed by atoms with E-state index in [0.29, 0.717) is 5.56 Å². The van der Waals surface area contributed by atoms with Crippen molar-refractivity contribution < 1.29 is 9.00 Å². The fourth-order valence-electron chi connectivity index (χ4n) is 0.727. The van der Waals surface area contributed by atoms with E-state index in [4.69, 9.17) is 0 Å². The van der Waals surface area contributed by atoms with Crippen LogP contribution in [0, 0.1) is 0 Å². The molecule has 0 aromatic carbocycles. The summed E-state index contributed by atoms with van der Waals surface area (Å²) in [5, 5.41) is 1.73. The van der Waals surface area contributed by atoms with E-state index in [1.807, 2.05) is 0 Å². The summed E-state index contributed by atoms with van der Waals surface area (Å²) < 4.78 is 11.7. The molecule has 0 saturated heterocycles. The fraction of sp³-hybridized carbons (Fsp3) is 0. The monoisotopic (exact) mass is 190 g/mol. The summed E-state index contributed by atoms with van der Waals surface area (Å²) in [6, 6.07) is 1.72. The molecule has 52 valence electrons. The molecule has 0 N–H and O–H groups in total. The molecule has 0 saturated carbocycles. The van der Waals surface area contributed by atoms with Gasteiger partial charge in [0.2, 0.25) is 5.12 Å². The maximum absolute atomic E-state index is 11.0. The van der Waals surface area contributed by atoms with Gasteiger partial charge in [-0.3, -0.25) is 4.79 Å². The molecule has 5 heteroatoms. The molecular weight excluding hydrogens is 188 g/mol. The Labute approximate surface area is 67.5 Å². The van der Waals surface area contributed by atoms with Gasteiger partial charge in [-0.1, -0.05) is 0 Å². The second-order valence-electron chi connectivity index (χ2n) is 1.73. The molecule has 1 aromatic heterocycles. The summed E-state index contributed by atoms with van der Waals surface area (Å²) >= 11 is 1.38. The molecular formula is C5H2O2S3. The van der Waals surface area contributed by atoms with Gasteiger partial charge in [-0.2, -0.15) is 0 Å². The fourth-order valence-corrected chi connectivity index (χ4v) is 4.60. The molecule has 10 heavy (non-hydrogen) atoms. The molecule has 1 unspecified atom stereocenters. The predicted octanol–water partition coefficient (Wildman–Crippen LogP) is 1.66. The summed E-state index contributed by atoms with van der Waals surface area (Å²) in [4.78, 5) is 10.9. The molecule has 1 aromatic rings. The maximum atomic E-state index is 11.0. The second kappa shape index (κ2) is 2.18. The Kier molecular flexibility index (Phi) is 1.43. The van der Waals surface area contributed by atoms with Crippen molar-refractivity contribution >= 4 is 37.1 Å². The molecule has 0 fully saturated rings. The third-order valence-corrected chi connectivity index (χ3v) is 5.37. The zero-order valence-corrected chi connectivity index (χ0v) is 7.15. The van der Waals surface area contributed by atoms with E-state index >= 15 is 0 Å². The van der Waals surface area contributed by atoms with Crippen LogP contribution in [0.2, 0.25) is 0 Å². The van der Waals surface area contributed by atoms with E-state index in [9.17, 15) is 9.00 Å². The third kappa shape index (κ3) is 0.777. The molecule has 1 aliphatic heterocycles. The Morgan fingerprint density at radius 1 is 1.50 bits per heavy atom. The van der Waals surface area contributed by atoms with Gasteiger partial charge in [-0.05, 0) is 11.4 Å². The van der Waals surface area contributed by atoms with E-state index in [2.05, 4.69) is 0 Å². The van der Waals surface area contributed by atoms with Gasteiger partial charge in [0.1, 0.15) is 14.0 Å². The Balaban J connectivity index is 2.69. The lowest BCUT2D eigenvalue weighted by molar-refractivity contribution is 0.109. The maximum Gasteiger partial charge on any atom is 0.234 e. The minimum atomic E-state index is -1.11. The van der Waals surface area contributed by atoms with Gasteiger partial charge in [0.25, 0.3) is 0 Å². The topological polar surface area (TPSA) is 34.1 Å². The summed E-state index contributed by atoms with van der Waals surface area (Å²) in [7, 11) is -0.212. The molecule has 2 rings (SSSR count). The quantitative estimate of drug-likeness (QED) is 0.583. The molecule has 2 nitrogen and oxygen atoms in total. The summed E-state index contributed by atoms with van der Waals surface area (Å²) in [6.07, 6.45) is 0. The van der Waals surface area contributed by atoms with Gasteiger partial charge in [-0.25, -0.2) is 4.21 Å². The normalized spacial score (nSPS) is 23.2. The third-order valence-electron chi connectivity index (χ3n) is 1.15. The van der Waals surface area contributed by atoms with E-state index in [1.54, 1.807) is 11.4 Å². The van der Waals surface area contributed by atoms with Crippen molar-refractivity contribution in [2.75, 3.05) is 0 Å². The molecule has 0 radical (unpaired) electrons. The van der Waals surface area contributed by atoms with Crippen molar-refractivity contribution in [1.82, 2.24) is 0 Å². The van der Waals surface area contributed by atoms with Crippen LogP contribution in [0.25, 0.3) is 0 Å². The second-order valence-corrected chi connectivity index (χ2v) is 5.73. The number of thiophene rings is 1. The first-order chi connectivity index (χ1) is 4.79. The summed E-state index contributed by atoms with van der Waals surface area (Å²) in [5.74, 6) is 0. The predicted molar refractivity (Wildman–Crippen MR) is 42.6 cm³/mol. The molecule has 1 atom stereocenters. The molecule has 2 heterocycles. The lowest BCUT2D eigenvalue weighted by Gasteiger charge is -1.78. The van der Waals surface area contributed by atoms with Gasteiger partial charge >= 0.3 is 0 Å². The van der Waals surface area contributed by atoms with Gasteiger partial charge in [0, 0.05) is 10.8 Å². The van der Waals surface area contributed by atoms with Gasteiger partial charge < -0.3 is 0 Å². The highest BCUT2D eigenvalue weighted by atomic mass is 33.1. The van der Waals surface area contributed by atoms with E-state index < -0.39 is 9.83 Å². The first-order valence-electron chi connectivity index (χ1n) is 2.51. The van der Waals surface area contributed by atoms with Crippen molar-refractivity contribution in [3.63, 3.8) is 0 Å². The average molecular weight is 190 g/mol. The highest BCUT2D eigenvalue weighted by Crippen LogP contribution is 2.37. The van der Waals surface area contributed by atoms with Crippen molar-refractivity contribution in [3.8, 4) is 0 Å². The first kappa shape index (κ1) is 6.57.